The fourth-order valence-corrected chi connectivity index (χ4v) is 1.90. The Hall–Kier alpha value is -1.89. The molecule has 0 saturated heterocycles. The topological polar surface area (TPSA) is 74.2 Å². The summed E-state index contributed by atoms with van der Waals surface area (Å²) in [6.07, 6.45) is 2.44. The number of benzene rings is 1. The molecule has 1 N–H and O–H groups in total. The molecule has 1 aromatic rings. The molecule has 0 aliphatic rings. The average Bonchev–Trinajstić information content (AvgIpc) is 2.59. The summed E-state index contributed by atoms with van der Waals surface area (Å²) in [5.74, 6) is -0.411. The summed E-state index contributed by atoms with van der Waals surface area (Å²) >= 11 is 0. The summed E-state index contributed by atoms with van der Waals surface area (Å²) in [6, 6.07) is 5.02. The van der Waals surface area contributed by atoms with Crippen molar-refractivity contribution < 1.29 is 28.8 Å². The van der Waals surface area contributed by atoms with E-state index in [2.05, 4.69) is 6.58 Å². The van der Waals surface area contributed by atoms with Crippen LogP contribution in [0.4, 0.5) is 0 Å². The van der Waals surface area contributed by atoms with Crippen LogP contribution in [0.15, 0.2) is 30.9 Å². The lowest BCUT2D eigenvalue weighted by atomic mass is 10.1. The van der Waals surface area contributed by atoms with Crippen molar-refractivity contribution in [3.8, 4) is 5.75 Å². The average molecular weight is 338 g/mol. The van der Waals surface area contributed by atoms with E-state index in [4.69, 9.17) is 24.1 Å². The molecule has 0 aromatic heterocycles. The van der Waals surface area contributed by atoms with Gasteiger partial charge in [0.25, 0.3) is 0 Å². The first-order valence-electron chi connectivity index (χ1n) is 8.01. The van der Waals surface area contributed by atoms with Crippen LogP contribution in [0, 0.1) is 0 Å². The minimum Gasteiger partial charge on any atom is -0.491 e. The lowest BCUT2D eigenvalue weighted by Crippen LogP contribution is -2.13. The predicted molar refractivity (Wildman–Crippen MR) is 90.9 cm³/mol. The number of hydrogen-bond donors (Lipinski definition) is 1. The molecule has 0 atom stereocenters. The van der Waals surface area contributed by atoms with Gasteiger partial charge in [0.05, 0.1) is 45.2 Å². The number of aromatic carboxylic acids is 1. The van der Waals surface area contributed by atoms with E-state index in [1.54, 1.807) is 12.1 Å². The van der Waals surface area contributed by atoms with Gasteiger partial charge < -0.3 is 24.1 Å². The van der Waals surface area contributed by atoms with E-state index in [9.17, 15) is 4.79 Å². The Morgan fingerprint density at radius 3 is 2.25 bits per heavy atom. The molecule has 1 aromatic carbocycles. The van der Waals surface area contributed by atoms with Crippen LogP contribution in [0.1, 0.15) is 22.8 Å². The Morgan fingerprint density at radius 1 is 1.04 bits per heavy atom. The Kier molecular flexibility index (Phi) is 10.5. The number of carboxylic acids is 1. The van der Waals surface area contributed by atoms with Gasteiger partial charge in [0, 0.05) is 0 Å². The van der Waals surface area contributed by atoms with Gasteiger partial charge in [0.2, 0.25) is 0 Å². The number of carbonyl (C=O) groups is 1. The normalized spacial score (nSPS) is 10.5. The quantitative estimate of drug-likeness (QED) is 0.415. The predicted octanol–water partition coefficient (Wildman–Crippen LogP) is 2.56. The largest absolute Gasteiger partial charge is 0.491 e. The number of hydrogen-bond acceptors (Lipinski definition) is 5. The van der Waals surface area contributed by atoms with E-state index < -0.39 is 5.97 Å². The monoisotopic (exact) mass is 338 g/mol. The van der Waals surface area contributed by atoms with Crippen molar-refractivity contribution >= 4 is 5.97 Å². The van der Waals surface area contributed by atoms with Crippen molar-refractivity contribution in [1.29, 1.82) is 0 Å². The third kappa shape index (κ3) is 8.67. The highest BCUT2D eigenvalue weighted by Crippen LogP contribution is 2.18. The summed E-state index contributed by atoms with van der Waals surface area (Å²) in [5, 5.41) is 9.08. The molecule has 0 amide bonds. The highest BCUT2D eigenvalue weighted by Gasteiger charge is 2.07. The Labute approximate surface area is 143 Å². The minimum atomic E-state index is -0.958. The fraction of sp³-hybridized carbons (Fsp3) is 0.500. The Morgan fingerprint density at radius 2 is 1.67 bits per heavy atom. The van der Waals surface area contributed by atoms with Crippen LogP contribution < -0.4 is 4.74 Å². The standard InChI is InChI=1S/C18H26O6/c1-3-5-21-6-7-22-8-9-23-10-11-24-17-13-15(4-2)12-16(14-17)18(19)20/h3,12-14H,1,4-11H2,2H3,(H,19,20). The molecular formula is C18H26O6. The van der Waals surface area contributed by atoms with Gasteiger partial charge in [-0.2, -0.15) is 0 Å². The van der Waals surface area contributed by atoms with Gasteiger partial charge in [-0.1, -0.05) is 13.0 Å². The summed E-state index contributed by atoms with van der Waals surface area (Å²) in [7, 11) is 0. The number of carboxylic acid groups (broad SMARTS) is 1. The van der Waals surface area contributed by atoms with E-state index in [0.29, 0.717) is 52.0 Å². The molecular weight excluding hydrogens is 312 g/mol. The second-order valence-electron chi connectivity index (χ2n) is 4.96. The van der Waals surface area contributed by atoms with Crippen molar-refractivity contribution in [2.45, 2.75) is 13.3 Å². The molecule has 0 radical (unpaired) electrons. The zero-order chi connectivity index (χ0) is 17.6. The van der Waals surface area contributed by atoms with Crippen LogP contribution in [-0.2, 0) is 20.6 Å². The molecule has 134 valence electrons. The minimum absolute atomic E-state index is 0.234. The first-order valence-corrected chi connectivity index (χ1v) is 8.01. The van der Waals surface area contributed by atoms with Gasteiger partial charge in [-0.25, -0.2) is 4.79 Å². The summed E-state index contributed by atoms with van der Waals surface area (Å²) in [6.45, 7) is 8.84. The fourth-order valence-electron chi connectivity index (χ4n) is 1.90. The van der Waals surface area contributed by atoms with Crippen molar-refractivity contribution in [2.24, 2.45) is 0 Å². The maximum absolute atomic E-state index is 11.1. The summed E-state index contributed by atoms with van der Waals surface area (Å²) in [4.78, 5) is 11.1. The zero-order valence-corrected chi connectivity index (χ0v) is 14.2. The van der Waals surface area contributed by atoms with Gasteiger partial charge >= 0.3 is 5.97 Å². The summed E-state index contributed by atoms with van der Waals surface area (Å²) < 4.78 is 21.5. The molecule has 6 heteroatoms. The first kappa shape index (κ1) is 20.2. The molecule has 6 nitrogen and oxygen atoms in total. The lowest BCUT2D eigenvalue weighted by molar-refractivity contribution is 0.0135. The van der Waals surface area contributed by atoms with Gasteiger partial charge in [0.15, 0.2) is 0 Å². The van der Waals surface area contributed by atoms with Gasteiger partial charge in [-0.15, -0.1) is 6.58 Å². The van der Waals surface area contributed by atoms with E-state index >= 15 is 0 Å². The maximum Gasteiger partial charge on any atom is 0.335 e. The van der Waals surface area contributed by atoms with Gasteiger partial charge in [-0.05, 0) is 30.2 Å². The second kappa shape index (κ2) is 12.5. The van der Waals surface area contributed by atoms with Crippen molar-refractivity contribution in [1.82, 2.24) is 0 Å². The molecule has 0 unspecified atom stereocenters. The van der Waals surface area contributed by atoms with E-state index in [1.807, 2.05) is 13.0 Å². The highest BCUT2D eigenvalue weighted by atomic mass is 16.6. The number of ether oxygens (including phenoxy) is 4. The molecule has 0 aliphatic carbocycles. The summed E-state index contributed by atoms with van der Waals surface area (Å²) in [5.41, 5.74) is 1.16. The third-order valence-electron chi connectivity index (χ3n) is 3.10. The van der Waals surface area contributed by atoms with Crippen molar-refractivity contribution in [3.63, 3.8) is 0 Å². The van der Waals surface area contributed by atoms with Crippen LogP contribution in [-0.4, -0.2) is 57.3 Å². The van der Waals surface area contributed by atoms with Crippen LogP contribution >= 0.6 is 0 Å². The van der Waals surface area contributed by atoms with Crippen LogP contribution in [0.2, 0.25) is 0 Å². The molecule has 0 heterocycles. The molecule has 0 aliphatic heterocycles. The molecule has 24 heavy (non-hydrogen) atoms. The van der Waals surface area contributed by atoms with Crippen LogP contribution in [0.25, 0.3) is 0 Å². The molecule has 0 saturated carbocycles. The molecule has 0 bridgehead atoms. The van der Waals surface area contributed by atoms with Crippen LogP contribution in [0.5, 0.6) is 5.75 Å². The highest BCUT2D eigenvalue weighted by molar-refractivity contribution is 5.88. The Balaban J connectivity index is 2.14. The Bertz CT molecular complexity index is 500. The van der Waals surface area contributed by atoms with Crippen LogP contribution in [0.3, 0.4) is 0 Å². The lowest BCUT2D eigenvalue weighted by Gasteiger charge is -2.10. The third-order valence-corrected chi connectivity index (χ3v) is 3.10. The first-order chi connectivity index (χ1) is 11.7. The van der Waals surface area contributed by atoms with Gasteiger partial charge in [-0.3, -0.25) is 0 Å². The van der Waals surface area contributed by atoms with E-state index in [0.717, 1.165) is 12.0 Å². The molecule has 0 spiro atoms. The SMILES string of the molecule is C=CCOCCOCCOCCOc1cc(CC)cc(C(=O)O)c1. The van der Waals surface area contributed by atoms with E-state index in [-0.39, 0.29) is 5.56 Å². The van der Waals surface area contributed by atoms with Crippen molar-refractivity contribution in [3.05, 3.63) is 42.0 Å². The number of aryl methyl sites for hydroxylation is 1. The zero-order valence-electron chi connectivity index (χ0n) is 14.2. The van der Waals surface area contributed by atoms with Gasteiger partial charge in [0.1, 0.15) is 12.4 Å². The second-order valence-corrected chi connectivity index (χ2v) is 4.96. The smallest absolute Gasteiger partial charge is 0.335 e. The van der Waals surface area contributed by atoms with Crippen molar-refractivity contribution in [2.75, 3.05) is 46.2 Å². The van der Waals surface area contributed by atoms with E-state index in [1.165, 1.54) is 6.07 Å². The molecule has 1 rings (SSSR count). The number of rotatable bonds is 14. The maximum atomic E-state index is 11.1. The molecule has 0 fully saturated rings.